The van der Waals surface area contributed by atoms with E-state index in [9.17, 15) is 0 Å². The predicted octanol–water partition coefficient (Wildman–Crippen LogP) is 3.62. The van der Waals surface area contributed by atoms with E-state index in [1.165, 1.54) is 18.4 Å². The number of terminal acetylenes is 1. The molecule has 1 aromatic heterocycles. The highest BCUT2D eigenvalue weighted by Gasteiger charge is 2.20. The Hall–Kier alpha value is -2.77. The highest BCUT2D eigenvalue weighted by Crippen LogP contribution is 2.21. The average molecular weight is 330 g/mol. The summed E-state index contributed by atoms with van der Waals surface area (Å²) >= 11 is 0. The van der Waals surface area contributed by atoms with E-state index in [0.29, 0.717) is 6.04 Å². The Morgan fingerprint density at radius 1 is 1.28 bits per heavy atom. The molecule has 0 bridgehead atoms. The number of rotatable bonds is 4. The fourth-order valence-electron chi connectivity index (χ4n) is 3.60. The number of H-pyrrole nitrogens is 1. The molecule has 1 fully saturated rings. The molecule has 1 saturated heterocycles. The van der Waals surface area contributed by atoms with E-state index >= 15 is 0 Å². The van der Waals surface area contributed by atoms with E-state index in [4.69, 9.17) is 6.42 Å². The molecule has 0 amide bonds. The summed E-state index contributed by atoms with van der Waals surface area (Å²) in [6.45, 7) is 3.14. The van der Waals surface area contributed by atoms with Gasteiger partial charge in [-0.15, -0.1) is 6.42 Å². The van der Waals surface area contributed by atoms with Crippen LogP contribution in [0.4, 0.5) is 5.69 Å². The lowest BCUT2D eigenvalue weighted by Gasteiger charge is -2.33. The monoisotopic (exact) mass is 330 g/mol. The van der Waals surface area contributed by atoms with Crippen LogP contribution in [0, 0.1) is 12.3 Å². The van der Waals surface area contributed by atoms with Crippen molar-refractivity contribution in [2.75, 3.05) is 18.4 Å². The SMILES string of the molecule is C#Cc1cccc(CN2CCC[C@@H](Nc3ccc4[nH]ncc4c3)C2)c1. The number of benzene rings is 2. The summed E-state index contributed by atoms with van der Waals surface area (Å²) in [5.41, 5.74) is 4.48. The zero-order chi connectivity index (χ0) is 17.1. The van der Waals surface area contributed by atoms with Crippen LogP contribution < -0.4 is 5.32 Å². The lowest BCUT2D eigenvalue weighted by molar-refractivity contribution is 0.208. The molecule has 25 heavy (non-hydrogen) atoms. The second-order valence-electron chi connectivity index (χ2n) is 6.74. The van der Waals surface area contributed by atoms with E-state index in [1.807, 2.05) is 18.3 Å². The maximum atomic E-state index is 5.51. The van der Waals surface area contributed by atoms with Gasteiger partial charge in [-0.05, 0) is 55.3 Å². The van der Waals surface area contributed by atoms with E-state index in [0.717, 1.165) is 41.8 Å². The summed E-state index contributed by atoms with van der Waals surface area (Å²) in [4.78, 5) is 2.51. The Balaban J connectivity index is 1.41. The summed E-state index contributed by atoms with van der Waals surface area (Å²) in [6.07, 6.45) is 9.79. The van der Waals surface area contributed by atoms with Gasteiger partial charge in [-0.2, -0.15) is 5.10 Å². The van der Waals surface area contributed by atoms with Crippen LogP contribution in [0.1, 0.15) is 24.0 Å². The van der Waals surface area contributed by atoms with Crippen LogP contribution in [0.3, 0.4) is 0 Å². The molecule has 2 heterocycles. The van der Waals surface area contributed by atoms with Gasteiger partial charge in [0.05, 0.1) is 11.7 Å². The van der Waals surface area contributed by atoms with Crippen molar-refractivity contribution in [3.8, 4) is 12.3 Å². The number of fused-ring (bicyclic) bond motifs is 1. The standard InChI is InChI=1S/C21H22N4/c1-2-16-5-3-6-17(11-16)14-25-10-4-7-20(15-25)23-19-8-9-21-18(12-19)13-22-24-21/h1,3,5-6,8-9,11-13,20,23H,4,7,10,14-15H2,(H,22,24)/t20-/m1/s1. The van der Waals surface area contributed by atoms with Crippen LogP contribution in [0.2, 0.25) is 0 Å². The Labute approximate surface area is 148 Å². The Morgan fingerprint density at radius 2 is 2.24 bits per heavy atom. The van der Waals surface area contributed by atoms with Crippen molar-refractivity contribution < 1.29 is 0 Å². The zero-order valence-electron chi connectivity index (χ0n) is 14.2. The van der Waals surface area contributed by atoms with Crippen LogP contribution in [0.15, 0.2) is 48.7 Å². The molecule has 0 saturated carbocycles. The zero-order valence-corrected chi connectivity index (χ0v) is 14.2. The molecule has 2 N–H and O–H groups in total. The van der Waals surface area contributed by atoms with Gasteiger partial charge in [-0.25, -0.2) is 0 Å². The fourth-order valence-corrected chi connectivity index (χ4v) is 3.60. The van der Waals surface area contributed by atoms with E-state index in [-0.39, 0.29) is 0 Å². The van der Waals surface area contributed by atoms with Gasteiger partial charge in [-0.3, -0.25) is 10.00 Å². The van der Waals surface area contributed by atoms with Crippen molar-refractivity contribution in [3.63, 3.8) is 0 Å². The highest BCUT2D eigenvalue weighted by atomic mass is 15.2. The van der Waals surface area contributed by atoms with E-state index < -0.39 is 0 Å². The third-order valence-electron chi connectivity index (χ3n) is 4.82. The number of hydrogen-bond donors (Lipinski definition) is 2. The molecule has 0 aliphatic carbocycles. The number of likely N-dealkylation sites (tertiary alicyclic amines) is 1. The number of nitrogens with zero attached hydrogens (tertiary/aromatic N) is 2. The van der Waals surface area contributed by atoms with Crippen LogP contribution in [-0.2, 0) is 6.54 Å². The first-order valence-corrected chi connectivity index (χ1v) is 8.78. The minimum Gasteiger partial charge on any atom is -0.381 e. The first kappa shape index (κ1) is 15.7. The Kier molecular flexibility index (Phi) is 4.41. The molecule has 1 atom stereocenters. The van der Waals surface area contributed by atoms with E-state index in [2.05, 4.69) is 56.7 Å². The number of nitrogens with one attached hydrogen (secondary N) is 2. The minimum atomic E-state index is 0.467. The van der Waals surface area contributed by atoms with Crippen LogP contribution >= 0.6 is 0 Å². The smallest absolute Gasteiger partial charge is 0.0651 e. The second-order valence-corrected chi connectivity index (χ2v) is 6.74. The van der Waals surface area contributed by atoms with Gasteiger partial charge in [0.15, 0.2) is 0 Å². The van der Waals surface area contributed by atoms with Crippen LogP contribution in [0.25, 0.3) is 10.9 Å². The molecule has 4 heteroatoms. The van der Waals surface area contributed by atoms with Gasteiger partial charge < -0.3 is 5.32 Å². The number of anilines is 1. The largest absolute Gasteiger partial charge is 0.381 e. The maximum Gasteiger partial charge on any atom is 0.0651 e. The average Bonchev–Trinajstić information content (AvgIpc) is 3.10. The van der Waals surface area contributed by atoms with Gasteiger partial charge >= 0.3 is 0 Å². The second kappa shape index (κ2) is 7.00. The normalized spacial score (nSPS) is 18.1. The van der Waals surface area contributed by atoms with Crippen molar-refractivity contribution in [1.82, 2.24) is 15.1 Å². The van der Waals surface area contributed by atoms with Crippen molar-refractivity contribution in [2.45, 2.75) is 25.4 Å². The fraction of sp³-hybridized carbons (Fsp3) is 0.286. The maximum absolute atomic E-state index is 5.51. The van der Waals surface area contributed by atoms with E-state index in [1.54, 1.807) is 0 Å². The van der Waals surface area contributed by atoms with Crippen molar-refractivity contribution in [1.29, 1.82) is 0 Å². The molecule has 2 aromatic carbocycles. The molecule has 0 spiro atoms. The van der Waals surface area contributed by atoms with Crippen LogP contribution in [-0.4, -0.2) is 34.2 Å². The first-order chi connectivity index (χ1) is 12.3. The molecule has 0 radical (unpaired) electrons. The topological polar surface area (TPSA) is 44.0 Å². The molecule has 1 aliphatic rings. The number of piperidine rings is 1. The molecular weight excluding hydrogens is 308 g/mol. The number of hydrogen-bond acceptors (Lipinski definition) is 3. The van der Waals surface area contributed by atoms with Crippen LogP contribution in [0.5, 0.6) is 0 Å². The number of aromatic amines is 1. The van der Waals surface area contributed by atoms with Gasteiger partial charge in [0.1, 0.15) is 0 Å². The first-order valence-electron chi connectivity index (χ1n) is 8.78. The third-order valence-corrected chi connectivity index (χ3v) is 4.82. The van der Waals surface area contributed by atoms with Gasteiger partial charge in [0.25, 0.3) is 0 Å². The summed E-state index contributed by atoms with van der Waals surface area (Å²) < 4.78 is 0. The number of aromatic nitrogens is 2. The summed E-state index contributed by atoms with van der Waals surface area (Å²) in [5.74, 6) is 2.72. The summed E-state index contributed by atoms with van der Waals surface area (Å²) in [7, 11) is 0. The van der Waals surface area contributed by atoms with Gasteiger partial charge in [-0.1, -0.05) is 18.1 Å². The molecule has 4 rings (SSSR count). The van der Waals surface area contributed by atoms with Gasteiger partial charge in [0, 0.05) is 35.8 Å². The summed E-state index contributed by atoms with van der Waals surface area (Å²) in [5, 5.41) is 11.9. The van der Waals surface area contributed by atoms with Gasteiger partial charge in [0.2, 0.25) is 0 Å². The molecule has 3 aromatic rings. The minimum absolute atomic E-state index is 0.467. The molecule has 4 nitrogen and oxygen atoms in total. The molecule has 1 aliphatic heterocycles. The Morgan fingerprint density at radius 3 is 3.16 bits per heavy atom. The van der Waals surface area contributed by atoms with Crippen molar-refractivity contribution in [3.05, 3.63) is 59.8 Å². The predicted molar refractivity (Wildman–Crippen MR) is 102 cm³/mol. The Bertz CT molecular complexity index is 905. The highest BCUT2D eigenvalue weighted by molar-refractivity contribution is 5.81. The molecule has 0 unspecified atom stereocenters. The van der Waals surface area contributed by atoms with Crippen molar-refractivity contribution in [2.24, 2.45) is 0 Å². The lowest BCUT2D eigenvalue weighted by atomic mass is 10.0. The lowest BCUT2D eigenvalue weighted by Crippen LogP contribution is -2.41. The third kappa shape index (κ3) is 3.67. The van der Waals surface area contributed by atoms with Crippen molar-refractivity contribution >= 4 is 16.6 Å². The quantitative estimate of drug-likeness (QED) is 0.718. The molecular formula is C21H22N4. The summed E-state index contributed by atoms with van der Waals surface area (Å²) in [6, 6.07) is 15.1. The molecule has 126 valence electrons.